The predicted molar refractivity (Wildman–Crippen MR) is 76.7 cm³/mol. The summed E-state index contributed by atoms with van der Waals surface area (Å²) in [6, 6.07) is 7.99. The molecule has 0 N–H and O–H groups in total. The second-order valence-electron chi connectivity index (χ2n) is 5.37. The van der Waals surface area contributed by atoms with Crippen LogP contribution in [0, 0.1) is 0 Å². The number of benzene rings is 1. The van der Waals surface area contributed by atoms with Crippen LogP contribution in [0.1, 0.15) is 31.7 Å². The highest BCUT2D eigenvalue weighted by molar-refractivity contribution is 5.78. The van der Waals surface area contributed by atoms with Gasteiger partial charge >= 0.3 is 0 Å². The quantitative estimate of drug-likeness (QED) is 0.766. The number of carbonyl (C=O) groups is 2. The number of nitrogens with zero attached hydrogens (tertiary/aromatic N) is 1. The molecule has 1 amide bonds. The Balaban J connectivity index is 1.78. The van der Waals surface area contributed by atoms with Gasteiger partial charge in [-0.05, 0) is 43.9 Å². The molecule has 1 aliphatic rings. The number of hydrogen-bond acceptors (Lipinski definition) is 3. The van der Waals surface area contributed by atoms with Gasteiger partial charge in [0.1, 0.15) is 11.5 Å². The molecule has 1 aromatic carbocycles. The van der Waals surface area contributed by atoms with Crippen LogP contribution in [0.15, 0.2) is 24.3 Å². The fourth-order valence-electron chi connectivity index (χ4n) is 1.99. The fraction of sp³-hybridized carbons (Fsp3) is 0.500. The van der Waals surface area contributed by atoms with Crippen molar-refractivity contribution in [3.63, 3.8) is 0 Å². The van der Waals surface area contributed by atoms with Crippen LogP contribution < -0.4 is 4.74 Å². The lowest BCUT2D eigenvalue weighted by Crippen LogP contribution is -2.33. The van der Waals surface area contributed by atoms with Crippen molar-refractivity contribution >= 4 is 11.7 Å². The molecule has 0 heterocycles. The zero-order chi connectivity index (χ0) is 14.5. The van der Waals surface area contributed by atoms with Crippen LogP contribution in [-0.2, 0) is 16.0 Å². The van der Waals surface area contributed by atoms with E-state index in [9.17, 15) is 9.59 Å². The first kappa shape index (κ1) is 14.6. The Bertz CT molecular complexity index is 477. The Morgan fingerprint density at radius 1 is 1.25 bits per heavy atom. The predicted octanol–water partition coefficient (Wildman–Crippen LogP) is 2.21. The summed E-state index contributed by atoms with van der Waals surface area (Å²) < 4.78 is 5.49. The van der Waals surface area contributed by atoms with Crippen LogP contribution >= 0.6 is 0 Å². The van der Waals surface area contributed by atoms with Gasteiger partial charge in [0.25, 0.3) is 5.91 Å². The number of Topliss-reactive ketones (excluding diaryl/α,β-unsaturated/α-hetero) is 1. The summed E-state index contributed by atoms with van der Waals surface area (Å²) in [6.45, 7) is 1.68. The molecule has 4 nitrogen and oxygen atoms in total. The first-order valence-corrected chi connectivity index (χ1v) is 7.03. The minimum absolute atomic E-state index is 0.0214. The van der Waals surface area contributed by atoms with Crippen molar-refractivity contribution < 1.29 is 14.3 Å². The first-order valence-electron chi connectivity index (χ1n) is 7.03. The van der Waals surface area contributed by atoms with E-state index < -0.39 is 0 Å². The second kappa shape index (κ2) is 6.55. The normalized spacial score (nSPS) is 13.9. The van der Waals surface area contributed by atoms with Gasteiger partial charge in [0.05, 0.1) is 0 Å². The second-order valence-corrected chi connectivity index (χ2v) is 5.37. The van der Waals surface area contributed by atoms with Crippen molar-refractivity contribution in [2.45, 2.75) is 38.6 Å². The van der Waals surface area contributed by atoms with Crippen LogP contribution in [0.3, 0.4) is 0 Å². The molecule has 4 heteroatoms. The molecule has 0 spiro atoms. The molecule has 1 saturated carbocycles. The van der Waals surface area contributed by atoms with E-state index in [-0.39, 0.29) is 18.3 Å². The van der Waals surface area contributed by atoms with Gasteiger partial charge < -0.3 is 14.4 Å². The van der Waals surface area contributed by atoms with Gasteiger partial charge in [-0.1, -0.05) is 12.1 Å². The Hall–Kier alpha value is -1.84. The Labute approximate surface area is 119 Å². The summed E-state index contributed by atoms with van der Waals surface area (Å²) in [7, 11) is 1.83. The molecule has 1 aliphatic carbocycles. The summed E-state index contributed by atoms with van der Waals surface area (Å²) in [5.41, 5.74) is 1.11. The van der Waals surface area contributed by atoms with Gasteiger partial charge in [0, 0.05) is 19.5 Å². The molecule has 20 heavy (non-hydrogen) atoms. The lowest BCUT2D eigenvalue weighted by molar-refractivity contribution is -0.132. The molecule has 0 radical (unpaired) electrons. The van der Waals surface area contributed by atoms with E-state index in [1.165, 1.54) is 0 Å². The number of ketones is 1. The third-order valence-electron chi connectivity index (χ3n) is 3.54. The fourth-order valence-corrected chi connectivity index (χ4v) is 1.99. The molecule has 0 aliphatic heterocycles. The van der Waals surface area contributed by atoms with E-state index in [0.717, 1.165) is 24.8 Å². The monoisotopic (exact) mass is 275 g/mol. The number of rotatable bonds is 7. The van der Waals surface area contributed by atoms with E-state index in [4.69, 9.17) is 4.74 Å². The smallest absolute Gasteiger partial charge is 0.260 e. The van der Waals surface area contributed by atoms with Crippen molar-refractivity contribution in [2.75, 3.05) is 13.7 Å². The van der Waals surface area contributed by atoms with E-state index in [1.54, 1.807) is 11.8 Å². The lowest BCUT2D eigenvalue weighted by atomic mass is 10.1. The summed E-state index contributed by atoms with van der Waals surface area (Å²) in [6.07, 6.45) is 3.52. The molecule has 2 rings (SSSR count). The van der Waals surface area contributed by atoms with E-state index in [1.807, 2.05) is 31.3 Å². The average Bonchev–Trinajstić information content (AvgIpc) is 3.27. The minimum atomic E-state index is 0.0214. The number of amides is 1. The zero-order valence-electron chi connectivity index (χ0n) is 12.1. The van der Waals surface area contributed by atoms with Crippen LogP contribution in [0.4, 0.5) is 0 Å². The zero-order valence-corrected chi connectivity index (χ0v) is 12.1. The molecular formula is C16H21NO3. The molecule has 0 bridgehead atoms. The standard InChI is InChI=1S/C16H21NO3/c1-12(18)3-4-13-5-9-15(10-6-13)20-11-16(19)17(2)14-7-8-14/h5-6,9-10,14H,3-4,7-8,11H2,1-2H3. The topological polar surface area (TPSA) is 46.6 Å². The summed E-state index contributed by atoms with van der Waals surface area (Å²) in [5, 5.41) is 0. The largest absolute Gasteiger partial charge is 0.484 e. The first-order chi connectivity index (χ1) is 9.56. The van der Waals surface area contributed by atoms with E-state index in [2.05, 4.69) is 0 Å². The highest BCUT2D eigenvalue weighted by Gasteiger charge is 2.29. The number of hydrogen-bond donors (Lipinski definition) is 0. The number of carbonyl (C=O) groups excluding carboxylic acids is 2. The van der Waals surface area contributed by atoms with Gasteiger partial charge in [-0.2, -0.15) is 0 Å². The SMILES string of the molecule is CC(=O)CCc1ccc(OCC(=O)N(C)C2CC2)cc1. The number of aryl methyl sites for hydroxylation is 1. The van der Waals surface area contributed by atoms with E-state index >= 15 is 0 Å². The van der Waals surface area contributed by atoms with Gasteiger partial charge in [-0.25, -0.2) is 0 Å². The maximum atomic E-state index is 11.8. The molecule has 1 fully saturated rings. The van der Waals surface area contributed by atoms with E-state index in [0.29, 0.717) is 18.2 Å². The van der Waals surface area contributed by atoms with Crippen LogP contribution in [-0.4, -0.2) is 36.3 Å². The maximum Gasteiger partial charge on any atom is 0.260 e. The summed E-state index contributed by atoms with van der Waals surface area (Å²) in [4.78, 5) is 24.5. The maximum absolute atomic E-state index is 11.8. The highest BCUT2D eigenvalue weighted by atomic mass is 16.5. The van der Waals surface area contributed by atoms with Crippen molar-refractivity contribution in [1.29, 1.82) is 0 Å². The number of likely N-dealkylation sites (N-methyl/N-ethyl adjacent to an activating group) is 1. The van der Waals surface area contributed by atoms with Crippen molar-refractivity contribution in [2.24, 2.45) is 0 Å². The van der Waals surface area contributed by atoms with Crippen molar-refractivity contribution in [3.05, 3.63) is 29.8 Å². The third-order valence-corrected chi connectivity index (χ3v) is 3.54. The van der Waals surface area contributed by atoms with Gasteiger partial charge in [-0.15, -0.1) is 0 Å². The third kappa shape index (κ3) is 4.37. The number of ether oxygens (including phenoxy) is 1. The molecular weight excluding hydrogens is 254 g/mol. The Morgan fingerprint density at radius 2 is 1.90 bits per heavy atom. The molecule has 108 valence electrons. The Morgan fingerprint density at radius 3 is 2.45 bits per heavy atom. The van der Waals surface area contributed by atoms with Crippen LogP contribution in [0.5, 0.6) is 5.75 Å². The molecule has 0 atom stereocenters. The van der Waals surface area contributed by atoms with Crippen molar-refractivity contribution in [1.82, 2.24) is 4.90 Å². The highest BCUT2D eigenvalue weighted by Crippen LogP contribution is 2.25. The summed E-state index contributed by atoms with van der Waals surface area (Å²) >= 11 is 0. The lowest BCUT2D eigenvalue weighted by Gasteiger charge is -2.16. The van der Waals surface area contributed by atoms with Gasteiger partial charge in [0.2, 0.25) is 0 Å². The Kier molecular flexibility index (Phi) is 4.77. The van der Waals surface area contributed by atoms with Crippen molar-refractivity contribution in [3.8, 4) is 5.75 Å². The molecule has 0 unspecified atom stereocenters. The van der Waals surface area contributed by atoms with Crippen LogP contribution in [0.2, 0.25) is 0 Å². The van der Waals surface area contributed by atoms with Gasteiger partial charge in [-0.3, -0.25) is 4.79 Å². The molecule has 0 saturated heterocycles. The average molecular weight is 275 g/mol. The molecule has 0 aromatic heterocycles. The molecule has 1 aromatic rings. The summed E-state index contributed by atoms with van der Waals surface area (Å²) in [5.74, 6) is 0.904. The van der Waals surface area contributed by atoms with Gasteiger partial charge in [0.15, 0.2) is 6.61 Å². The minimum Gasteiger partial charge on any atom is -0.484 e. The van der Waals surface area contributed by atoms with Crippen LogP contribution in [0.25, 0.3) is 0 Å².